The molecule has 0 amide bonds. The average Bonchev–Trinajstić information content (AvgIpc) is 2.62. The van der Waals surface area contributed by atoms with E-state index >= 15 is 0 Å². The van der Waals surface area contributed by atoms with E-state index in [4.69, 9.17) is 25.6 Å². The van der Waals surface area contributed by atoms with Crippen LogP contribution in [0.3, 0.4) is 0 Å². The summed E-state index contributed by atoms with van der Waals surface area (Å²) in [5.41, 5.74) is 1.07. The molecule has 2 aromatic rings. The molecule has 0 unspecified atom stereocenters. The number of carboxylic acid groups (broad SMARTS) is 2. The molecule has 0 bridgehead atoms. The first-order valence-electron chi connectivity index (χ1n) is 4.29. The molecule has 0 saturated heterocycles. The van der Waals surface area contributed by atoms with Crippen LogP contribution in [0.15, 0.2) is 36.5 Å². The number of hydrogen-bond acceptors (Lipinski definition) is 3. The van der Waals surface area contributed by atoms with Gasteiger partial charge in [-0.05, 0) is 12.1 Å². The molecule has 0 spiro atoms. The van der Waals surface area contributed by atoms with E-state index in [1.54, 1.807) is 4.68 Å². The van der Waals surface area contributed by atoms with Crippen molar-refractivity contribution >= 4 is 22.8 Å². The van der Waals surface area contributed by atoms with Gasteiger partial charge in [-0.2, -0.15) is 0 Å². The third-order valence-electron chi connectivity index (χ3n) is 1.81. The quantitative estimate of drug-likeness (QED) is 0.445. The number of nitrogens with zero attached hydrogens (tertiary/aromatic N) is 1. The van der Waals surface area contributed by atoms with Gasteiger partial charge in [0, 0.05) is 11.6 Å². The van der Waals surface area contributed by atoms with Gasteiger partial charge in [-0.1, -0.05) is 18.2 Å². The summed E-state index contributed by atoms with van der Waals surface area (Å²) in [4.78, 5) is 18.2. The Kier molecular flexibility index (Phi) is 3.49. The molecular formula is C10H10N2O4. The zero-order chi connectivity index (χ0) is 12.1. The normalized spacial score (nSPS) is 9.25. The second kappa shape index (κ2) is 4.83. The largest absolute Gasteiger partial charge is 0.473 e. The van der Waals surface area contributed by atoms with E-state index in [-0.39, 0.29) is 0 Å². The van der Waals surface area contributed by atoms with Crippen LogP contribution in [-0.4, -0.2) is 26.8 Å². The van der Waals surface area contributed by atoms with Gasteiger partial charge in [0.1, 0.15) is 0 Å². The standard InChI is InChI=1S/C8H8N2.C2H2O4/c9-10-6-5-7-3-1-2-4-8(7)10;3-1(4)2(5)6/h1-6H,9H2;(H,3,4)(H,5,6). The topological polar surface area (TPSA) is 106 Å². The minimum Gasteiger partial charge on any atom is -0.473 e. The summed E-state index contributed by atoms with van der Waals surface area (Å²) in [5.74, 6) is 1.94. The van der Waals surface area contributed by atoms with Crippen LogP contribution in [0.4, 0.5) is 0 Å². The molecule has 1 heterocycles. The number of nitrogens with two attached hydrogens (primary N) is 1. The molecule has 6 heteroatoms. The summed E-state index contributed by atoms with van der Waals surface area (Å²) in [7, 11) is 0. The molecule has 1 aromatic heterocycles. The summed E-state index contributed by atoms with van der Waals surface area (Å²) >= 11 is 0. The van der Waals surface area contributed by atoms with Crippen LogP contribution in [0.2, 0.25) is 0 Å². The van der Waals surface area contributed by atoms with Gasteiger partial charge in [0.2, 0.25) is 0 Å². The van der Waals surface area contributed by atoms with Crippen LogP contribution in [0.25, 0.3) is 10.9 Å². The molecule has 0 aliphatic carbocycles. The van der Waals surface area contributed by atoms with Crippen LogP contribution in [0, 0.1) is 0 Å². The maximum atomic E-state index is 9.10. The number of aromatic nitrogens is 1. The maximum Gasteiger partial charge on any atom is 0.414 e. The Hall–Kier alpha value is -2.50. The molecule has 0 fully saturated rings. The van der Waals surface area contributed by atoms with Gasteiger partial charge in [0.25, 0.3) is 0 Å². The second-order valence-electron chi connectivity index (χ2n) is 2.89. The lowest BCUT2D eigenvalue weighted by Gasteiger charge is -1.92. The lowest BCUT2D eigenvalue weighted by Crippen LogP contribution is -2.09. The van der Waals surface area contributed by atoms with Gasteiger partial charge < -0.3 is 16.1 Å². The molecule has 0 saturated carbocycles. The van der Waals surface area contributed by atoms with E-state index < -0.39 is 11.9 Å². The number of fused-ring (bicyclic) bond motifs is 1. The van der Waals surface area contributed by atoms with Crippen molar-refractivity contribution in [3.05, 3.63) is 36.5 Å². The molecule has 0 aliphatic rings. The van der Waals surface area contributed by atoms with Crippen LogP contribution in [-0.2, 0) is 9.59 Å². The fourth-order valence-electron chi connectivity index (χ4n) is 1.10. The molecule has 84 valence electrons. The molecule has 0 atom stereocenters. The van der Waals surface area contributed by atoms with Gasteiger partial charge in [-0.15, -0.1) is 0 Å². The molecule has 0 radical (unpaired) electrons. The van der Waals surface area contributed by atoms with Crippen LogP contribution >= 0.6 is 0 Å². The van der Waals surface area contributed by atoms with Crippen molar-refractivity contribution in [1.29, 1.82) is 0 Å². The van der Waals surface area contributed by atoms with Gasteiger partial charge in [0.15, 0.2) is 0 Å². The molecule has 6 nitrogen and oxygen atoms in total. The monoisotopic (exact) mass is 222 g/mol. The van der Waals surface area contributed by atoms with Crippen molar-refractivity contribution in [2.24, 2.45) is 0 Å². The smallest absolute Gasteiger partial charge is 0.414 e. The average molecular weight is 222 g/mol. The Morgan fingerprint density at radius 3 is 2.12 bits per heavy atom. The second-order valence-corrected chi connectivity index (χ2v) is 2.89. The predicted octanol–water partition coefficient (Wildman–Crippen LogP) is 0.511. The lowest BCUT2D eigenvalue weighted by molar-refractivity contribution is -0.159. The number of nitrogen functional groups attached to an aromatic ring is 1. The Morgan fingerprint density at radius 2 is 1.62 bits per heavy atom. The Morgan fingerprint density at radius 1 is 1.06 bits per heavy atom. The van der Waals surface area contributed by atoms with Crippen molar-refractivity contribution in [2.75, 3.05) is 5.84 Å². The number of benzene rings is 1. The molecule has 0 aliphatic heterocycles. The van der Waals surface area contributed by atoms with Crippen LogP contribution in [0.5, 0.6) is 0 Å². The van der Waals surface area contributed by atoms with Crippen molar-refractivity contribution in [3.63, 3.8) is 0 Å². The highest BCUT2D eigenvalue weighted by Crippen LogP contribution is 2.11. The Balaban J connectivity index is 0.000000187. The van der Waals surface area contributed by atoms with Gasteiger partial charge in [-0.25, -0.2) is 9.59 Å². The Bertz CT molecular complexity index is 506. The summed E-state index contributed by atoms with van der Waals surface area (Å²) in [6, 6.07) is 10.0. The lowest BCUT2D eigenvalue weighted by atomic mass is 10.3. The maximum absolute atomic E-state index is 9.10. The predicted molar refractivity (Wildman–Crippen MR) is 57.4 cm³/mol. The molecule has 1 aromatic carbocycles. The van der Waals surface area contributed by atoms with Crippen molar-refractivity contribution < 1.29 is 19.8 Å². The van der Waals surface area contributed by atoms with Crippen LogP contribution < -0.4 is 5.84 Å². The number of rotatable bonds is 0. The molecule has 4 N–H and O–H groups in total. The zero-order valence-corrected chi connectivity index (χ0v) is 8.20. The first-order chi connectivity index (χ1) is 7.52. The first kappa shape index (κ1) is 11.6. The van der Waals surface area contributed by atoms with E-state index in [1.165, 1.54) is 5.39 Å². The van der Waals surface area contributed by atoms with E-state index in [2.05, 4.69) is 0 Å². The number of carboxylic acids is 2. The summed E-state index contributed by atoms with van der Waals surface area (Å²) in [6.45, 7) is 0. The van der Waals surface area contributed by atoms with E-state index in [9.17, 15) is 0 Å². The van der Waals surface area contributed by atoms with Crippen LogP contribution in [0.1, 0.15) is 0 Å². The number of aliphatic carboxylic acids is 2. The Labute approximate surface area is 90.5 Å². The highest BCUT2D eigenvalue weighted by Gasteiger charge is 2.04. The third-order valence-corrected chi connectivity index (χ3v) is 1.81. The van der Waals surface area contributed by atoms with Crippen molar-refractivity contribution in [1.82, 2.24) is 4.68 Å². The zero-order valence-electron chi connectivity index (χ0n) is 8.20. The minimum atomic E-state index is -1.82. The number of hydrogen-bond donors (Lipinski definition) is 3. The van der Waals surface area contributed by atoms with E-state index in [1.807, 2.05) is 36.5 Å². The summed E-state index contributed by atoms with van der Waals surface area (Å²) in [6.07, 6.45) is 1.85. The SMILES string of the molecule is Nn1ccc2ccccc21.O=C(O)C(=O)O. The first-order valence-corrected chi connectivity index (χ1v) is 4.29. The highest BCUT2D eigenvalue weighted by molar-refractivity contribution is 6.27. The molecule has 2 rings (SSSR count). The third kappa shape index (κ3) is 2.74. The minimum absolute atomic E-state index is 1.07. The van der Waals surface area contributed by atoms with Crippen molar-refractivity contribution in [2.45, 2.75) is 0 Å². The van der Waals surface area contributed by atoms with E-state index in [0.29, 0.717) is 0 Å². The van der Waals surface area contributed by atoms with Crippen molar-refractivity contribution in [3.8, 4) is 0 Å². The fourth-order valence-corrected chi connectivity index (χ4v) is 1.10. The van der Waals surface area contributed by atoms with Gasteiger partial charge in [0.05, 0.1) is 5.52 Å². The number of carbonyl (C=O) groups is 2. The summed E-state index contributed by atoms with van der Waals surface area (Å²) in [5, 5.41) is 16.0. The fraction of sp³-hybridized carbons (Fsp3) is 0. The van der Waals surface area contributed by atoms with Gasteiger partial charge >= 0.3 is 11.9 Å². The summed E-state index contributed by atoms with van der Waals surface area (Å²) < 4.78 is 1.62. The van der Waals surface area contributed by atoms with Gasteiger partial charge in [-0.3, -0.25) is 4.68 Å². The highest BCUT2D eigenvalue weighted by atomic mass is 16.4. The number of para-hydroxylation sites is 1. The molecular weight excluding hydrogens is 212 g/mol. The van der Waals surface area contributed by atoms with E-state index in [0.717, 1.165) is 5.52 Å². The molecule has 16 heavy (non-hydrogen) atoms.